The van der Waals surface area contributed by atoms with Crippen molar-refractivity contribution in [2.24, 2.45) is 10.8 Å². The molecule has 0 aromatic carbocycles. The second-order valence-electron chi connectivity index (χ2n) is 12.8. The third-order valence-electron chi connectivity index (χ3n) is 7.66. The molecule has 1 saturated heterocycles. The maximum Gasteiger partial charge on any atom is 0.311 e. The molecular formula is C33H58N2O6. The Bertz CT molecular complexity index is 851. The minimum absolute atomic E-state index is 0.0564. The van der Waals surface area contributed by atoms with Crippen LogP contribution in [0.4, 0.5) is 0 Å². The SMILES string of the molecule is CCCCC/C=C\C/C=C\CCCCCCCC(=O)NCCC(C)(CNC(=O)C1OC(C)(C)OCC1(C)C)C(=O)O. The summed E-state index contributed by atoms with van der Waals surface area (Å²) in [4.78, 5) is 37.2. The second kappa shape index (κ2) is 19.1. The predicted molar refractivity (Wildman–Crippen MR) is 164 cm³/mol. The molecule has 0 saturated carbocycles. The van der Waals surface area contributed by atoms with E-state index in [-0.39, 0.29) is 31.3 Å². The monoisotopic (exact) mass is 578 g/mol. The Morgan fingerprint density at radius 3 is 2.15 bits per heavy atom. The number of allylic oxidation sites excluding steroid dienone is 4. The highest BCUT2D eigenvalue weighted by Crippen LogP contribution is 2.35. The van der Waals surface area contributed by atoms with Crippen LogP contribution >= 0.6 is 0 Å². The quantitative estimate of drug-likeness (QED) is 0.103. The van der Waals surface area contributed by atoms with Crippen LogP contribution in [0.5, 0.6) is 0 Å². The summed E-state index contributed by atoms with van der Waals surface area (Å²) in [6.45, 7) is 11.6. The van der Waals surface area contributed by atoms with Gasteiger partial charge in [0.1, 0.15) is 6.10 Å². The zero-order chi connectivity index (χ0) is 30.8. The van der Waals surface area contributed by atoms with Crippen LogP contribution in [0.15, 0.2) is 24.3 Å². The smallest absolute Gasteiger partial charge is 0.311 e. The molecule has 0 spiro atoms. The number of carboxylic acids is 1. The number of aliphatic carboxylic acids is 1. The molecule has 0 aliphatic carbocycles. The van der Waals surface area contributed by atoms with Crippen molar-refractivity contribution in [1.82, 2.24) is 10.6 Å². The van der Waals surface area contributed by atoms with Gasteiger partial charge in [-0.1, -0.05) is 77.2 Å². The van der Waals surface area contributed by atoms with Crippen molar-refractivity contribution >= 4 is 17.8 Å². The Hall–Kier alpha value is -2.19. The van der Waals surface area contributed by atoms with Gasteiger partial charge in [0.2, 0.25) is 11.8 Å². The highest BCUT2D eigenvalue weighted by Gasteiger charge is 2.46. The van der Waals surface area contributed by atoms with Crippen molar-refractivity contribution in [3.05, 3.63) is 24.3 Å². The van der Waals surface area contributed by atoms with Crippen LogP contribution < -0.4 is 10.6 Å². The van der Waals surface area contributed by atoms with Gasteiger partial charge in [-0.2, -0.15) is 0 Å². The molecular weight excluding hydrogens is 520 g/mol. The average Bonchev–Trinajstić information content (AvgIpc) is 2.91. The first-order valence-corrected chi connectivity index (χ1v) is 15.7. The fraction of sp³-hybridized carbons (Fsp3) is 0.788. The van der Waals surface area contributed by atoms with Crippen LogP contribution in [-0.4, -0.2) is 54.5 Å². The number of hydrogen-bond acceptors (Lipinski definition) is 5. The molecule has 1 rings (SSSR count). The van der Waals surface area contributed by atoms with Crippen LogP contribution in [0.1, 0.15) is 125 Å². The van der Waals surface area contributed by atoms with Crippen LogP contribution in [0.2, 0.25) is 0 Å². The van der Waals surface area contributed by atoms with Crippen LogP contribution in [-0.2, 0) is 23.9 Å². The van der Waals surface area contributed by atoms with E-state index >= 15 is 0 Å². The fourth-order valence-electron chi connectivity index (χ4n) is 4.63. The standard InChI is InChI=1S/C33H58N2O6/c1-7-8-9-10-11-12-13-14-15-16-17-18-19-20-21-22-27(36)34-24-23-33(6,30(38)39)25-35-29(37)28-31(2,3)26-40-32(4,5)41-28/h11-12,14-15,28H,7-10,13,16-26H2,1-6H3,(H,34,36)(H,35,37)(H,38,39)/b12-11-,15-14-. The third-order valence-corrected chi connectivity index (χ3v) is 7.66. The topological polar surface area (TPSA) is 114 Å². The van der Waals surface area contributed by atoms with Gasteiger partial charge in [-0.3, -0.25) is 14.4 Å². The minimum Gasteiger partial charge on any atom is -0.481 e. The van der Waals surface area contributed by atoms with Crippen LogP contribution in [0.3, 0.4) is 0 Å². The fourth-order valence-corrected chi connectivity index (χ4v) is 4.63. The molecule has 2 atom stereocenters. The molecule has 2 amide bonds. The maximum absolute atomic E-state index is 12.9. The summed E-state index contributed by atoms with van der Waals surface area (Å²) in [7, 11) is 0. The number of carboxylic acid groups (broad SMARTS) is 1. The number of rotatable bonds is 21. The first-order valence-electron chi connectivity index (χ1n) is 15.7. The lowest BCUT2D eigenvalue weighted by atomic mass is 9.84. The Kier molecular flexibility index (Phi) is 17.1. The Morgan fingerprint density at radius 2 is 1.51 bits per heavy atom. The second-order valence-corrected chi connectivity index (χ2v) is 12.8. The van der Waals surface area contributed by atoms with E-state index in [0.717, 1.165) is 38.5 Å². The summed E-state index contributed by atoms with van der Waals surface area (Å²) in [5.74, 6) is -2.33. The third kappa shape index (κ3) is 15.6. The van der Waals surface area contributed by atoms with Crippen molar-refractivity contribution in [2.75, 3.05) is 19.7 Å². The summed E-state index contributed by atoms with van der Waals surface area (Å²) >= 11 is 0. The normalized spacial score (nSPS) is 19.7. The maximum atomic E-state index is 12.9. The van der Waals surface area contributed by atoms with Gasteiger partial charge in [0, 0.05) is 24.9 Å². The molecule has 2 unspecified atom stereocenters. The number of hydrogen-bond donors (Lipinski definition) is 3. The molecule has 1 heterocycles. The Balaban J connectivity index is 2.22. The van der Waals surface area contributed by atoms with E-state index in [1.54, 1.807) is 20.8 Å². The molecule has 0 bridgehead atoms. The highest BCUT2D eigenvalue weighted by molar-refractivity contribution is 5.83. The van der Waals surface area contributed by atoms with Crippen molar-refractivity contribution in [3.8, 4) is 0 Å². The number of carbonyl (C=O) groups excluding carboxylic acids is 2. The molecule has 1 aliphatic heterocycles. The molecule has 8 heteroatoms. The largest absolute Gasteiger partial charge is 0.481 e. The van der Waals surface area contributed by atoms with Gasteiger partial charge in [0.15, 0.2) is 5.79 Å². The summed E-state index contributed by atoms with van der Waals surface area (Å²) in [6.07, 6.45) is 21.4. The average molecular weight is 579 g/mol. The Labute approximate surface area is 249 Å². The lowest BCUT2D eigenvalue weighted by Crippen LogP contribution is -2.57. The lowest BCUT2D eigenvalue weighted by Gasteiger charge is -2.45. The van der Waals surface area contributed by atoms with E-state index in [2.05, 4.69) is 41.9 Å². The highest BCUT2D eigenvalue weighted by atomic mass is 16.7. The van der Waals surface area contributed by atoms with E-state index in [4.69, 9.17) is 9.47 Å². The molecule has 0 aromatic heterocycles. The van der Waals surface area contributed by atoms with Crippen molar-refractivity contribution in [1.29, 1.82) is 0 Å². The van der Waals surface area contributed by atoms with E-state index in [1.165, 1.54) is 32.1 Å². The zero-order valence-corrected chi connectivity index (χ0v) is 26.7. The number of carbonyl (C=O) groups is 3. The van der Waals surface area contributed by atoms with E-state index in [0.29, 0.717) is 13.0 Å². The van der Waals surface area contributed by atoms with Gasteiger partial charge >= 0.3 is 5.97 Å². The molecule has 3 N–H and O–H groups in total. The van der Waals surface area contributed by atoms with Gasteiger partial charge in [0.25, 0.3) is 0 Å². The number of amides is 2. The van der Waals surface area contributed by atoms with Crippen LogP contribution in [0, 0.1) is 10.8 Å². The summed E-state index contributed by atoms with van der Waals surface area (Å²) in [6, 6.07) is 0. The number of unbranched alkanes of at least 4 members (excludes halogenated alkanes) is 8. The lowest BCUT2D eigenvalue weighted by molar-refractivity contribution is -0.304. The van der Waals surface area contributed by atoms with Crippen molar-refractivity contribution in [2.45, 2.75) is 137 Å². The van der Waals surface area contributed by atoms with E-state index in [1.807, 2.05) is 13.8 Å². The van der Waals surface area contributed by atoms with Gasteiger partial charge in [0.05, 0.1) is 12.0 Å². The molecule has 0 radical (unpaired) electrons. The first kappa shape index (κ1) is 36.8. The predicted octanol–water partition coefficient (Wildman–Crippen LogP) is 6.69. The van der Waals surface area contributed by atoms with Gasteiger partial charge in [-0.25, -0.2) is 0 Å². The van der Waals surface area contributed by atoms with E-state index < -0.39 is 28.7 Å². The minimum atomic E-state index is -1.22. The van der Waals surface area contributed by atoms with E-state index in [9.17, 15) is 19.5 Å². The van der Waals surface area contributed by atoms with Crippen molar-refractivity contribution in [3.63, 3.8) is 0 Å². The van der Waals surface area contributed by atoms with Gasteiger partial charge in [-0.05, 0) is 65.7 Å². The molecule has 41 heavy (non-hydrogen) atoms. The molecule has 1 aliphatic rings. The summed E-state index contributed by atoms with van der Waals surface area (Å²) in [5.41, 5.74) is -1.76. The number of ether oxygens (including phenoxy) is 2. The van der Waals surface area contributed by atoms with Gasteiger partial charge in [-0.15, -0.1) is 0 Å². The molecule has 1 fully saturated rings. The zero-order valence-electron chi connectivity index (χ0n) is 26.7. The first-order chi connectivity index (χ1) is 19.3. The molecule has 8 nitrogen and oxygen atoms in total. The number of nitrogens with one attached hydrogen (secondary N) is 2. The van der Waals surface area contributed by atoms with Crippen molar-refractivity contribution < 1.29 is 29.0 Å². The summed E-state index contributed by atoms with van der Waals surface area (Å²) in [5, 5.41) is 15.5. The molecule has 236 valence electrons. The van der Waals surface area contributed by atoms with Gasteiger partial charge < -0.3 is 25.2 Å². The summed E-state index contributed by atoms with van der Waals surface area (Å²) < 4.78 is 11.5. The van der Waals surface area contributed by atoms with Crippen LogP contribution in [0.25, 0.3) is 0 Å². The Morgan fingerprint density at radius 1 is 0.902 bits per heavy atom. The molecule has 0 aromatic rings.